The van der Waals surface area contributed by atoms with E-state index in [0.717, 1.165) is 22.0 Å². The lowest BCUT2D eigenvalue weighted by Crippen LogP contribution is -2.12. The third-order valence-electron chi connectivity index (χ3n) is 2.78. The maximum Gasteiger partial charge on any atom is 0.276 e. The molecule has 3 heterocycles. The minimum absolute atomic E-state index is 0.245. The van der Waals surface area contributed by atoms with Gasteiger partial charge in [-0.3, -0.25) is 10.1 Å². The Morgan fingerprint density at radius 2 is 2.18 bits per heavy atom. The molecule has 1 amide bonds. The molecule has 5 nitrogen and oxygen atoms in total. The SMILES string of the molecule is CC(C)Cc1nnc(NC(=O)c2csc(-c3ccsc3)n2)s1. The summed E-state index contributed by atoms with van der Waals surface area (Å²) in [6, 6.07) is 1.99. The van der Waals surface area contributed by atoms with E-state index in [1.165, 1.54) is 22.7 Å². The lowest BCUT2D eigenvalue weighted by Gasteiger charge is -1.98. The van der Waals surface area contributed by atoms with Gasteiger partial charge in [-0.25, -0.2) is 4.98 Å². The monoisotopic (exact) mass is 350 g/mol. The molecule has 0 fully saturated rings. The summed E-state index contributed by atoms with van der Waals surface area (Å²) in [6.45, 7) is 4.25. The van der Waals surface area contributed by atoms with Crippen LogP contribution in [0.5, 0.6) is 0 Å². The van der Waals surface area contributed by atoms with Crippen LogP contribution in [-0.2, 0) is 6.42 Å². The van der Waals surface area contributed by atoms with E-state index in [-0.39, 0.29) is 5.91 Å². The van der Waals surface area contributed by atoms with Gasteiger partial charge in [-0.05, 0) is 17.4 Å². The van der Waals surface area contributed by atoms with Crippen LogP contribution < -0.4 is 5.32 Å². The van der Waals surface area contributed by atoms with Crippen molar-refractivity contribution in [3.63, 3.8) is 0 Å². The van der Waals surface area contributed by atoms with Gasteiger partial charge in [0, 0.05) is 22.7 Å². The van der Waals surface area contributed by atoms with Gasteiger partial charge in [-0.15, -0.1) is 21.5 Å². The number of rotatable bonds is 5. The van der Waals surface area contributed by atoms with Crippen molar-refractivity contribution in [2.24, 2.45) is 5.92 Å². The predicted molar refractivity (Wildman–Crippen MR) is 91.8 cm³/mol. The summed E-state index contributed by atoms with van der Waals surface area (Å²) < 4.78 is 0. The third-order valence-corrected chi connectivity index (χ3v) is 5.21. The second kappa shape index (κ2) is 6.64. The van der Waals surface area contributed by atoms with Gasteiger partial charge in [-0.1, -0.05) is 25.2 Å². The number of carbonyl (C=O) groups excluding carboxylic acids is 1. The molecule has 22 heavy (non-hydrogen) atoms. The van der Waals surface area contributed by atoms with Gasteiger partial charge < -0.3 is 0 Å². The number of nitrogens with one attached hydrogen (secondary N) is 1. The van der Waals surface area contributed by atoms with Crippen LogP contribution in [0.1, 0.15) is 29.3 Å². The molecule has 0 aliphatic carbocycles. The summed E-state index contributed by atoms with van der Waals surface area (Å²) in [5, 5.41) is 18.9. The Morgan fingerprint density at radius 1 is 1.32 bits per heavy atom. The second-order valence-corrected chi connectivity index (χ2v) is 7.80. The highest BCUT2D eigenvalue weighted by molar-refractivity contribution is 7.15. The number of aromatic nitrogens is 3. The molecule has 0 aliphatic heterocycles. The van der Waals surface area contributed by atoms with E-state index < -0.39 is 0 Å². The summed E-state index contributed by atoms with van der Waals surface area (Å²) in [4.78, 5) is 16.6. The first-order chi connectivity index (χ1) is 10.6. The topological polar surface area (TPSA) is 67.8 Å². The van der Waals surface area contributed by atoms with Gasteiger partial charge in [0.15, 0.2) is 0 Å². The summed E-state index contributed by atoms with van der Waals surface area (Å²) in [5.74, 6) is 0.271. The van der Waals surface area contributed by atoms with E-state index in [9.17, 15) is 4.79 Å². The Hall–Kier alpha value is -1.64. The van der Waals surface area contributed by atoms with Gasteiger partial charge in [0.2, 0.25) is 5.13 Å². The standard InChI is InChI=1S/C14H14N4OS3/c1-8(2)5-11-17-18-14(22-11)16-12(19)10-7-21-13(15-10)9-3-4-20-6-9/h3-4,6-8H,5H2,1-2H3,(H,16,18,19). The molecule has 0 bridgehead atoms. The fraction of sp³-hybridized carbons (Fsp3) is 0.286. The highest BCUT2D eigenvalue weighted by Gasteiger charge is 2.15. The van der Waals surface area contributed by atoms with Crippen LogP contribution in [0.4, 0.5) is 5.13 Å². The number of carbonyl (C=O) groups is 1. The third kappa shape index (κ3) is 3.57. The van der Waals surface area contributed by atoms with Crippen molar-refractivity contribution in [2.75, 3.05) is 5.32 Å². The van der Waals surface area contributed by atoms with E-state index in [4.69, 9.17) is 0 Å². The first kappa shape index (κ1) is 15.3. The summed E-state index contributed by atoms with van der Waals surface area (Å²) >= 11 is 4.49. The molecule has 0 saturated carbocycles. The molecule has 3 aromatic heterocycles. The maximum atomic E-state index is 12.2. The Balaban J connectivity index is 1.68. The van der Waals surface area contributed by atoms with Crippen molar-refractivity contribution in [1.82, 2.24) is 15.2 Å². The predicted octanol–water partition coefficient (Wildman–Crippen LogP) is 4.17. The summed E-state index contributed by atoms with van der Waals surface area (Å²) in [6.07, 6.45) is 0.868. The fourth-order valence-electron chi connectivity index (χ4n) is 1.79. The maximum absolute atomic E-state index is 12.2. The molecular weight excluding hydrogens is 336 g/mol. The zero-order valence-electron chi connectivity index (χ0n) is 12.1. The Kier molecular flexibility index (Phi) is 4.60. The average molecular weight is 350 g/mol. The molecule has 1 N–H and O–H groups in total. The molecule has 0 aliphatic rings. The Bertz CT molecular complexity index is 761. The van der Waals surface area contributed by atoms with Crippen molar-refractivity contribution in [1.29, 1.82) is 0 Å². The number of amides is 1. The van der Waals surface area contributed by atoms with Crippen molar-refractivity contribution >= 4 is 45.0 Å². The first-order valence-electron chi connectivity index (χ1n) is 6.73. The van der Waals surface area contributed by atoms with Crippen molar-refractivity contribution in [3.8, 4) is 10.6 Å². The zero-order chi connectivity index (χ0) is 15.5. The van der Waals surface area contributed by atoms with Crippen molar-refractivity contribution in [2.45, 2.75) is 20.3 Å². The molecule has 0 atom stereocenters. The lowest BCUT2D eigenvalue weighted by atomic mass is 10.1. The van der Waals surface area contributed by atoms with E-state index in [1.807, 2.05) is 16.8 Å². The normalized spacial score (nSPS) is 11.0. The average Bonchev–Trinajstić information content (AvgIpc) is 3.19. The number of anilines is 1. The molecule has 114 valence electrons. The number of hydrogen-bond acceptors (Lipinski definition) is 7. The number of thiazole rings is 1. The minimum Gasteiger partial charge on any atom is -0.295 e. The zero-order valence-corrected chi connectivity index (χ0v) is 14.5. The number of thiophene rings is 1. The highest BCUT2D eigenvalue weighted by Crippen LogP contribution is 2.26. The van der Waals surface area contributed by atoms with E-state index in [1.54, 1.807) is 16.7 Å². The molecule has 0 unspecified atom stereocenters. The smallest absolute Gasteiger partial charge is 0.276 e. The van der Waals surface area contributed by atoms with Gasteiger partial charge in [0.25, 0.3) is 5.91 Å². The van der Waals surface area contributed by atoms with Crippen LogP contribution in [0, 0.1) is 5.92 Å². The van der Waals surface area contributed by atoms with Gasteiger partial charge in [0.1, 0.15) is 15.7 Å². The molecule has 0 spiro atoms. The largest absolute Gasteiger partial charge is 0.295 e. The minimum atomic E-state index is -0.245. The van der Waals surface area contributed by atoms with Crippen LogP contribution in [0.2, 0.25) is 0 Å². The van der Waals surface area contributed by atoms with Crippen LogP contribution >= 0.6 is 34.0 Å². The Labute approximate surface area is 140 Å². The van der Waals surface area contributed by atoms with Crippen LogP contribution in [-0.4, -0.2) is 21.1 Å². The lowest BCUT2D eigenvalue weighted by molar-refractivity contribution is 0.102. The van der Waals surface area contributed by atoms with Crippen molar-refractivity contribution in [3.05, 3.63) is 32.9 Å². The van der Waals surface area contributed by atoms with Crippen LogP contribution in [0.3, 0.4) is 0 Å². The molecule has 8 heteroatoms. The van der Waals surface area contributed by atoms with Gasteiger partial charge in [0.05, 0.1) is 0 Å². The molecule has 0 saturated heterocycles. The highest BCUT2D eigenvalue weighted by atomic mass is 32.1. The summed E-state index contributed by atoms with van der Waals surface area (Å²) in [5.41, 5.74) is 1.45. The Morgan fingerprint density at radius 3 is 2.91 bits per heavy atom. The molecule has 3 rings (SSSR count). The van der Waals surface area contributed by atoms with E-state index >= 15 is 0 Å². The number of nitrogens with zero attached hydrogens (tertiary/aromatic N) is 3. The first-order valence-corrected chi connectivity index (χ1v) is 9.37. The van der Waals surface area contributed by atoms with Crippen LogP contribution in [0.25, 0.3) is 10.6 Å². The molecule has 0 radical (unpaired) electrons. The van der Waals surface area contributed by atoms with Gasteiger partial charge >= 0.3 is 0 Å². The number of hydrogen-bond donors (Lipinski definition) is 1. The van der Waals surface area contributed by atoms with Crippen LogP contribution in [0.15, 0.2) is 22.2 Å². The molecule has 3 aromatic rings. The molecule has 0 aromatic carbocycles. The van der Waals surface area contributed by atoms with Crippen molar-refractivity contribution < 1.29 is 4.79 Å². The fourth-order valence-corrected chi connectivity index (χ4v) is 4.25. The second-order valence-electron chi connectivity index (χ2n) is 5.10. The van der Waals surface area contributed by atoms with Gasteiger partial charge in [-0.2, -0.15) is 11.3 Å². The molecular formula is C14H14N4OS3. The van der Waals surface area contributed by atoms with E-state index in [2.05, 4.69) is 34.3 Å². The van der Waals surface area contributed by atoms with E-state index in [0.29, 0.717) is 16.7 Å². The summed E-state index contributed by atoms with van der Waals surface area (Å²) in [7, 11) is 0. The quantitative estimate of drug-likeness (QED) is 0.750.